The summed E-state index contributed by atoms with van der Waals surface area (Å²) >= 11 is 5.51. The van der Waals surface area contributed by atoms with Gasteiger partial charge in [0.2, 0.25) is 0 Å². The van der Waals surface area contributed by atoms with E-state index in [1.54, 1.807) is 0 Å². The third-order valence-corrected chi connectivity index (χ3v) is 4.04. The third-order valence-electron chi connectivity index (χ3n) is 3.82. The fourth-order valence-electron chi connectivity index (χ4n) is 2.63. The zero-order valence-electron chi connectivity index (χ0n) is 13.4. The van der Waals surface area contributed by atoms with Gasteiger partial charge in [-0.25, -0.2) is 0 Å². The van der Waals surface area contributed by atoms with Crippen molar-refractivity contribution in [2.45, 2.75) is 12.5 Å². The van der Waals surface area contributed by atoms with E-state index in [9.17, 15) is 0 Å². The maximum atomic E-state index is 5.51. The van der Waals surface area contributed by atoms with Gasteiger partial charge in [-0.15, -0.1) is 0 Å². The molecule has 0 fully saturated rings. The van der Waals surface area contributed by atoms with Crippen molar-refractivity contribution in [3.63, 3.8) is 0 Å². The minimum Gasteiger partial charge on any atom is -0.355 e. The van der Waals surface area contributed by atoms with Crippen molar-refractivity contribution in [3.05, 3.63) is 102 Å². The molecule has 0 saturated heterocycles. The van der Waals surface area contributed by atoms with Crippen LogP contribution in [-0.2, 0) is 6.42 Å². The van der Waals surface area contributed by atoms with E-state index in [-0.39, 0.29) is 6.04 Å². The molecule has 0 spiro atoms. The van der Waals surface area contributed by atoms with Crippen LogP contribution in [0.3, 0.4) is 0 Å². The molecular formula is C21H20N2S. The fourth-order valence-corrected chi connectivity index (χ4v) is 2.89. The van der Waals surface area contributed by atoms with Crippen LogP contribution in [0.2, 0.25) is 0 Å². The molecule has 0 bridgehead atoms. The number of rotatable bonds is 5. The molecule has 0 heterocycles. The SMILES string of the molecule is S=C(Nc1ccccc1)NC(Cc1ccccc1)c1ccccc1. The predicted octanol–water partition coefficient (Wildman–Crippen LogP) is 4.96. The predicted molar refractivity (Wildman–Crippen MR) is 105 cm³/mol. The Morgan fingerprint density at radius 1 is 0.750 bits per heavy atom. The van der Waals surface area contributed by atoms with Crippen molar-refractivity contribution in [3.8, 4) is 0 Å². The van der Waals surface area contributed by atoms with Crippen LogP contribution < -0.4 is 10.6 Å². The van der Waals surface area contributed by atoms with Crippen LogP contribution in [0.4, 0.5) is 5.69 Å². The molecule has 0 aromatic heterocycles. The van der Waals surface area contributed by atoms with Gasteiger partial charge < -0.3 is 10.6 Å². The molecule has 0 aliphatic heterocycles. The zero-order valence-corrected chi connectivity index (χ0v) is 14.2. The Morgan fingerprint density at radius 2 is 1.29 bits per heavy atom. The number of para-hydroxylation sites is 1. The molecule has 0 aliphatic rings. The number of nitrogens with one attached hydrogen (secondary N) is 2. The number of thiocarbonyl (C=S) groups is 1. The zero-order chi connectivity index (χ0) is 16.6. The molecule has 0 radical (unpaired) electrons. The maximum absolute atomic E-state index is 5.51. The minimum atomic E-state index is 0.123. The van der Waals surface area contributed by atoms with E-state index < -0.39 is 0 Å². The summed E-state index contributed by atoms with van der Waals surface area (Å²) < 4.78 is 0. The highest BCUT2D eigenvalue weighted by Crippen LogP contribution is 2.19. The number of hydrogen-bond acceptors (Lipinski definition) is 1. The maximum Gasteiger partial charge on any atom is 0.171 e. The molecule has 1 unspecified atom stereocenters. The summed E-state index contributed by atoms with van der Waals surface area (Å²) in [5, 5.41) is 7.33. The lowest BCUT2D eigenvalue weighted by atomic mass is 9.99. The summed E-state index contributed by atoms with van der Waals surface area (Å²) in [6, 6.07) is 31.0. The summed E-state index contributed by atoms with van der Waals surface area (Å²) in [4.78, 5) is 0. The van der Waals surface area contributed by atoms with E-state index in [0.717, 1.165) is 12.1 Å². The quantitative estimate of drug-likeness (QED) is 0.646. The van der Waals surface area contributed by atoms with E-state index in [1.807, 2.05) is 42.5 Å². The highest BCUT2D eigenvalue weighted by Gasteiger charge is 2.13. The summed E-state index contributed by atoms with van der Waals surface area (Å²) in [6.07, 6.45) is 0.876. The smallest absolute Gasteiger partial charge is 0.171 e. The molecule has 24 heavy (non-hydrogen) atoms. The lowest BCUT2D eigenvalue weighted by Crippen LogP contribution is -2.33. The lowest BCUT2D eigenvalue weighted by Gasteiger charge is -2.21. The Bertz CT molecular complexity index is 758. The van der Waals surface area contributed by atoms with Crippen molar-refractivity contribution >= 4 is 23.0 Å². The number of hydrogen-bond donors (Lipinski definition) is 2. The first-order chi connectivity index (χ1) is 11.8. The van der Waals surface area contributed by atoms with Crippen LogP contribution in [0.25, 0.3) is 0 Å². The van der Waals surface area contributed by atoms with Crippen molar-refractivity contribution < 1.29 is 0 Å². The van der Waals surface area contributed by atoms with Gasteiger partial charge in [0.25, 0.3) is 0 Å². The molecule has 0 saturated carbocycles. The Hall–Kier alpha value is -2.65. The molecule has 120 valence electrons. The summed E-state index contributed by atoms with van der Waals surface area (Å²) in [5.74, 6) is 0. The van der Waals surface area contributed by atoms with Gasteiger partial charge in [0.15, 0.2) is 5.11 Å². The van der Waals surface area contributed by atoms with Gasteiger partial charge in [-0.2, -0.15) is 0 Å². The van der Waals surface area contributed by atoms with E-state index in [2.05, 4.69) is 59.2 Å². The second kappa shape index (κ2) is 8.27. The van der Waals surface area contributed by atoms with Crippen LogP contribution in [0.5, 0.6) is 0 Å². The third kappa shape index (κ3) is 4.67. The molecule has 0 amide bonds. The molecule has 3 rings (SSSR count). The average molecular weight is 332 g/mol. The summed E-state index contributed by atoms with van der Waals surface area (Å²) in [6.45, 7) is 0. The number of anilines is 1. The topological polar surface area (TPSA) is 24.1 Å². The lowest BCUT2D eigenvalue weighted by molar-refractivity contribution is 0.648. The van der Waals surface area contributed by atoms with Crippen LogP contribution >= 0.6 is 12.2 Å². The molecule has 3 heteroatoms. The minimum absolute atomic E-state index is 0.123. The molecule has 3 aromatic rings. The van der Waals surface area contributed by atoms with Crippen molar-refractivity contribution in [1.82, 2.24) is 5.32 Å². The highest BCUT2D eigenvalue weighted by molar-refractivity contribution is 7.80. The van der Waals surface area contributed by atoms with Gasteiger partial charge >= 0.3 is 0 Å². The van der Waals surface area contributed by atoms with Gasteiger partial charge in [0, 0.05) is 5.69 Å². The monoisotopic (exact) mass is 332 g/mol. The normalized spacial score (nSPS) is 11.5. The van der Waals surface area contributed by atoms with Crippen LogP contribution in [0.15, 0.2) is 91.0 Å². The second-order valence-electron chi connectivity index (χ2n) is 5.62. The summed E-state index contributed by atoms with van der Waals surface area (Å²) in [5.41, 5.74) is 3.49. The Balaban J connectivity index is 1.73. The molecule has 2 N–H and O–H groups in total. The first-order valence-electron chi connectivity index (χ1n) is 8.03. The standard InChI is InChI=1S/C21H20N2S/c24-21(22-19-14-8-3-9-15-19)23-20(18-12-6-2-7-13-18)16-17-10-4-1-5-11-17/h1-15,20H,16H2,(H2,22,23,24). The average Bonchev–Trinajstić information content (AvgIpc) is 2.63. The van der Waals surface area contributed by atoms with E-state index in [0.29, 0.717) is 5.11 Å². The van der Waals surface area contributed by atoms with E-state index >= 15 is 0 Å². The van der Waals surface area contributed by atoms with E-state index in [1.165, 1.54) is 11.1 Å². The van der Waals surface area contributed by atoms with Gasteiger partial charge in [-0.1, -0.05) is 78.9 Å². The largest absolute Gasteiger partial charge is 0.355 e. The molecule has 0 aliphatic carbocycles. The molecule has 1 atom stereocenters. The van der Waals surface area contributed by atoms with Gasteiger partial charge in [-0.3, -0.25) is 0 Å². The van der Waals surface area contributed by atoms with Crippen molar-refractivity contribution in [1.29, 1.82) is 0 Å². The first-order valence-corrected chi connectivity index (χ1v) is 8.43. The number of benzene rings is 3. The second-order valence-corrected chi connectivity index (χ2v) is 6.03. The van der Waals surface area contributed by atoms with Crippen LogP contribution in [-0.4, -0.2) is 5.11 Å². The highest BCUT2D eigenvalue weighted by atomic mass is 32.1. The molecule has 3 aromatic carbocycles. The van der Waals surface area contributed by atoms with Gasteiger partial charge in [0.1, 0.15) is 0 Å². The summed E-state index contributed by atoms with van der Waals surface area (Å²) in [7, 11) is 0. The Morgan fingerprint density at radius 3 is 1.92 bits per heavy atom. The van der Waals surface area contributed by atoms with Crippen molar-refractivity contribution in [2.75, 3.05) is 5.32 Å². The Kier molecular flexibility index (Phi) is 5.59. The first kappa shape index (κ1) is 16.2. The molecular weight excluding hydrogens is 312 g/mol. The van der Waals surface area contributed by atoms with Gasteiger partial charge in [-0.05, 0) is 41.9 Å². The van der Waals surface area contributed by atoms with Gasteiger partial charge in [0.05, 0.1) is 6.04 Å². The van der Waals surface area contributed by atoms with Crippen LogP contribution in [0, 0.1) is 0 Å². The Labute approximate surface area is 148 Å². The van der Waals surface area contributed by atoms with Crippen LogP contribution in [0.1, 0.15) is 17.2 Å². The fraction of sp³-hybridized carbons (Fsp3) is 0.0952. The van der Waals surface area contributed by atoms with E-state index in [4.69, 9.17) is 12.2 Å². The van der Waals surface area contributed by atoms with Crippen molar-refractivity contribution in [2.24, 2.45) is 0 Å². The molecule has 2 nitrogen and oxygen atoms in total.